The van der Waals surface area contributed by atoms with Gasteiger partial charge in [-0.05, 0) is 31.5 Å². The van der Waals surface area contributed by atoms with Gasteiger partial charge in [0.2, 0.25) is 5.91 Å². The lowest BCUT2D eigenvalue weighted by molar-refractivity contribution is -0.121. The molecule has 2 N–H and O–H groups in total. The molecule has 2 rings (SSSR count). The van der Waals surface area contributed by atoms with Crippen LogP contribution in [0.3, 0.4) is 0 Å². The first kappa shape index (κ1) is 12.1. The van der Waals surface area contributed by atoms with E-state index in [-0.39, 0.29) is 5.91 Å². The van der Waals surface area contributed by atoms with E-state index in [0.717, 1.165) is 31.6 Å². The molecule has 94 valence electrons. The van der Waals surface area contributed by atoms with E-state index in [1.54, 1.807) is 4.68 Å². The monoisotopic (exact) mass is 236 g/mol. The van der Waals surface area contributed by atoms with Crippen molar-refractivity contribution < 1.29 is 4.79 Å². The van der Waals surface area contributed by atoms with Crippen LogP contribution < -0.4 is 10.6 Å². The van der Waals surface area contributed by atoms with Crippen molar-refractivity contribution in [3.63, 3.8) is 0 Å². The van der Waals surface area contributed by atoms with Crippen LogP contribution in [0.2, 0.25) is 0 Å². The fraction of sp³-hybridized carbons (Fsp3) is 0.667. The Kier molecular flexibility index (Phi) is 4.14. The average molecular weight is 236 g/mol. The van der Waals surface area contributed by atoms with Gasteiger partial charge < -0.3 is 10.6 Å². The standard InChI is InChI=1S/C12H20N4O/c1-16-7-4-11(15-16)3-6-14-12(17)8-10-2-5-13-9-10/h4,7,10,13H,2-3,5-6,8-9H2,1H3,(H,14,17). The normalized spacial score (nSPS) is 19.5. The summed E-state index contributed by atoms with van der Waals surface area (Å²) in [6, 6.07) is 1.98. The Hall–Kier alpha value is -1.36. The van der Waals surface area contributed by atoms with Crippen molar-refractivity contribution >= 4 is 5.91 Å². The van der Waals surface area contributed by atoms with E-state index in [4.69, 9.17) is 0 Å². The number of nitrogens with one attached hydrogen (secondary N) is 2. The molecule has 1 unspecified atom stereocenters. The molecule has 0 bridgehead atoms. The molecular formula is C12H20N4O. The zero-order valence-corrected chi connectivity index (χ0v) is 10.3. The number of hydrogen-bond acceptors (Lipinski definition) is 3. The van der Waals surface area contributed by atoms with Crippen molar-refractivity contribution in [2.45, 2.75) is 19.3 Å². The van der Waals surface area contributed by atoms with Crippen molar-refractivity contribution in [3.8, 4) is 0 Å². The molecule has 1 atom stereocenters. The minimum atomic E-state index is 0.162. The third-order valence-electron chi connectivity index (χ3n) is 3.11. The lowest BCUT2D eigenvalue weighted by Gasteiger charge is -2.08. The molecule has 1 aromatic rings. The minimum Gasteiger partial charge on any atom is -0.356 e. The van der Waals surface area contributed by atoms with Gasteiger partial charge in [-0.3, -0.25) is 9.48 Å². The fourth-order valence-electron chi connectivity index (χ4n) is 2.15. The smallest absolute Gasteiger partial charge is 0.220 e. The van der Waals surface area contributed by atoms with E-state index in [0.29, 0.717) is 18.9 Å². The van der Waals surface area contributed by atoms with Gasteiger partial charge in [0, 0.05) is 32.6 Å². The number of carbonyl (C=O) groups is 1. The van der Waals surface area contributed by atoms with E-state index < -0.39 is 0 Å². The third-order valence-corrected chi connectivity index (χ3v) is 3.11. The van der Waals surface area contributed by atoms with Crippen molar-refractivity contribution in [1.82, 2.24) is 20.4 Å². The largest absolute Gasteiger partial charge is 0.356 e. The summed E-state index contributed by atoms with van der Waals surface area (Å²) >= 11 is 0. The summed E-state index contributed by atoms with van der Waals surface area (Å²) in [7, 11) is 1.90. The van der Waals surface area contributed by atoms with Gasteiger partial charge >= 0.3 is 0 Å². The van der Waals surface area contributed by atoms with Gasteiger partial charge in [0.15, 0.2) is 0 Å². The Morgan fingerprint density at radius 3 is 3.24 bits per heavy atom. The number of aryl methyl sites for hydroxylation is 1. The van der Waals surface area contributed by atoms with Crippen molar-refractivity contribution in [2.24, 2.45) is 13.0 Å². The molecule has 5 heteroatoms. The van der Waals surface area contributed by atoms with E-state index in [9.17, 15) is 4.79 Å². The molecule has 2 heterocycles. The average Bonchev–Trinajstić information content (AvgIpc) is 2.90. The molecule has 1 saturated heterocycles. The zero-order valence-electron chi connectivity index (χ0n) is 10.3. The van der Waals surface area contributed by atoms with Crippen molar-refractivity contribution in [1.29, 1.82) is 0 Å². The Morgan fingerprint density at radius 1 is 1.71 bits per heavy atom. The van der Waals surface area contributed by atoms with Crippen LogP contribution in [0, 0.1) is 5.92 Å². The Morgan fingerprint density at radius 2 is 2.59 bits per heavy atom. The number of rotatable bonds is 5. The summed E-state index contributed by atoms with van der Waals surface area (Å²) in [4.78, 5) is 11.6. The van der Waals surface area contributed by atoms with Gasteiger partial charge in [-0.2, -0.15) is 5.10 Å². The summed E-state index contributed by atoms with van der Waals surface area (Å²) in [5, 5.41) is 10.5. The molecule has 17 heavy (non-hydrogen) atoms. The van der Waals surface area contributed by atoms with Crippen molar-refractivity contribution in [2.75, 3.05) is 19.6 Å². The molecular weight excluding hydrogens is 216 g/mol. The topological polar surface area (TPSA) is 59.0 Å². The van der Waals surface area contributed by atoms with Crippen LogP contribution in [-0.2, 0) is 18.3 Å². The summed E-state index contributed by atoms with van der Waals surface area (Å²) in [5.74, 6) is 0.680. The van der Waals surface area contributed by atoms with Crippen LogP contribution >= 0.6 is 0 Å². The summed E-state index contributed by atoms with van der Waals surface area (Å²) < 4.78 is 1.78. The Labute approximate surface area is 102 Å². The Bertz CT molecular complexity index is 368. The highest BCUT2D eigenvalue weighted by atomic mass is 16.1. The van der Waals surface area contributed by atoms with E-state index in [1.807, 2.05) is 19.3 Å². The molecule has 1 amide bonds. The molecule has 0 aromatic carbocycles. The van der Waals surface area contributed by atoms with Gasteiger partial charge in [0.25, 0.3) is 0 Å². The third kappa shape index (κ3) is 3.85. The van der Waals surface area contributed by atoms with Crippen LogP contribution in [0.15, 0.2) is 12.3 Å². The van der Waals surface area contributed by atoms with E-state index in [2.05, 4.69) is 15.7 Å². The van der Waals surface area contributed by atoms with Gasteiger partial charge in [0.05, 0.1) is 5.69 Å². The minimum absolute atomic E-state index is 0.162. The second-order valence-corrected chi connectivity index (χ2v) is 4.64. The summed E-state index contributed by atoms with van der Waals surface area (Å²) in [6.45, 7) is 2.70. The van der Waals surface area contributed by atoms with Crippen LogP contribution in [0.1, 0.15) is 18.5 Å². The molecule has 0 aliphatic carbocycles. The maximum absolute atomic E-state index is 11.6. The van der Waals surface area contributed by atoms with Gasteiger partial charge in [-0.25, -0.2) is 0 Å². The number of carbonyl (C=O) groups excluding carboxylic acids is 1. The Balaban J connectivity index is 1.62. The highest BCUT2D eigenvalue weighted by Gasteiger charge is 2.17. The highest BCUT2D eigenvalue weighted by Crippen LogP contribution is 2.11. The summed E-state index contributed by atoms with van der Waals surface area (Å²) in [5.41, 5.74) is 1.02. The molecule has 1 aromatic heterocycles. The first-order chi connectivity index (χ1) is 8.24. The lowest BCUT2D eigenvalue weighted by atomic mass is 10.0. The van der Waals surface area contributed by atoms with E-state index in [1.165, 1.54) is 0 Å². The lowest BCUT2D eigenvalue weighted by Crippen LogP contribution is -2.28. The second-order valence-electron chi connectivity index (χ2n) is 4.64. The maximum atomic E-state index is 11.6. The SMILES string of the molecule is Cn1ccc(CCNC(=O)CC2CCNC2)n1. The van der Waals surface area contributed by atoms with Gasteiger partial charge in [-0.15, -0.1) is 0 Å². The predicted molar refractivity (Wildman–Crippen MR) is 65.5 cm³/mol. The first-order valence-electron chi connectivity index (χ1n) is 6.20. The fourth-order valence-corrected chi connectivity index (χ4v) is 2.15. The van der Waals surface area contributed by atoms with Crippen LogP contribution in [0.25, 0.3) is 0 Å². The first-order valence-corrected chi connectivity index (χ1v) is 6.20. The molecule has 5 nitrogen and oxygen atoms in total. The van der Waals surface area contributed by atoms with Crippen LogP contribution in [0.5, 0.6) is 0 Å². The summed E-state index contributed by atoms with van der Waals surface area (Å²) in [6.07, 6.45) is 4.49. The van der Waals surface area contributed by atoms with Crippen molar-refractivity contribution in [3.05, 3.63) is 18.0 Å². The molecule has 0 radical (unpaired) electrons. The number of hydrogen-bond donors (Lipinski definition) is 2. The molecule has 1 aliphatic heterocycles. The van der Waals surface area contributed by atoms with Gasteiger partial charge in [-0.1, -0.05) is 0 Å². The molecule has 0 spiro atoms. The van der Waals surface area contributed by atoms with Crippen LogP contribution in [-0.4, -0.2) is 35.3 Å². The van der Waals surface area contributed by atoms with Crippen LogP contribution in [0.4, 0.5) is 0 Å². The number of aromatic nitrogens is 2. The quantitative estimate of drug-likeness (QED) is 0.761. The molecule has 1 aliphatic rings. The number of nitrogens with zero attached hydrogens (tertiary/aromatic N) is 2. The highest BCUT2D eigenvalue weighted by molar-refractivity contribution is 5.76. The second kappa shape index (κ2) is 5.82. The zero-order chi connectivity index (χ0) is 12.1. The number of amides is 1. The van der Waals surface area contributed by atoms with Gasteiger partial charge in [0.1, 0.15) is 0 Å². The maximum Gasteiger partial charge on any atom is 0.220 e. The molecule has 1 fully saturated rings. The van der Waals surface area contributed by atoms with E-state index >= 15 is 0 Å². The predicted octanol–water partition coefficient (Wildman–Crippen LogP) is 0.0784. The molecule has 0 saturated carbocycles.